The van der Waals surface area contributed by atoms with Crippen molar-refractivity contribution < 1.29 is 4.74 Å². The third-order valence-electron chi connectivity index (χ3n) is 2.50. The molecule has 1 unspecified atom stereocenters. The Hall–Kier alpha value is -1.12. The summed E-state index contributed by atoms with van der Waals surface area (Å²) in [6.07, 6.45) is 1.78. The van der Waals surface area contributed by atoms with E-state index < -0.39 is 5.06 Å². The number of hydrogen-bond acceptors (Lipinski definition) is 2. The summed E-state index contributed by atoms with van der Waals surface area (Å²) in [5, 5.41) is 0.295. The second-order valence-electron chi connectivity index (χ2n) is 3.53. The van der Waals surface area contributed by atoms with Crippen molar-refractivity contribution in [2.75, 3.05) is 7.11 Å². The number of ether oxygens (including phenoxy) is 1. The van der Waals surface area contributed by atoms with Gasteiger partial charge in [0.25, 0.3) is 0 Å². The van der Waals surface area contributed by atoms with Crippen LogP contribution in [-0.4, -0.2) is 12.1 Å². The molecule has 0 spiro atoms. The lowest BCUT2D eigenvalue weighted by Gasteiger charge is -2.20. The second kappa shape index (κ2) is 3.80. The minimum atomic E-state index is -0.774. The van der Waals surface area contributed by atoms with Gasteiger partial charge in [0.15, 0.2) is 5.06 Å². The number of fused-ring (bicyclic) bond motifs is 1. The van der Waals surface area contributed by atoms with Crippen molar-refractivity contribution in [1.29, 1.82) is 0 Å². The van der Waals surface area contributed by atoms with E-state index in [4.69, 9.17) is 16.3 Å². The van der Waals surface area contributed by atoms with Crippen LogP contribution in [0.2, 0.25) is 0 Å². The number of rotatable bonds is 2. The number of methoxy groups -OCH3 is 1. The first-order valence-corrected chi connectivity index (χ1v) is 5.10. The zero-order valence-electron chi connectivity index (χ0n) is 8.70. The maximum Gasteiger partial charge on any atom is 0.164 e. The summed E-state index contributed by atoms with van der Waals surface area (Å²) in [7, 11) is 1.60. The van der Waals surface area contributed by atoms with Crippen LogP contribution in [0.5, 0.6) is 0 Å². The third-order valence-corrected chi connectivity index (χ3v) is 2.87. The minimum absolute atomic E-state index is 0.774. The Labute approximate surface area is 93.8 Å². The topological polar surface area (TPSA) is 22.1 Å². The Morgan fingerprint density at radius 3 is 2.87 bits per heavy atom. The monoisotopic (exact) mass is 221 g/mol. The van der Waals surface area contributed by atoms with E-state index in [1.165, 1.54) is 0 Å². The van der Waals surface area contributed by atoms with Crippen molar-refractivity contribution >= 4 is 22.5 Å². The Morgan fingerprint density at radius 1 is 1.33 bits per heavy atom. The molecule has 0 saturated carbocycles. The molecule has 0 aliphatic heterocycles. The first-order valence-electron chi connectivity index (χ1n) is 4.73. The summed E-state index contributed by atoms with van der Waals surface area (Å²) in [4.78, 5) is 4.25. The highest BCUT2D eigenvalue weighted by molar-refractivity contribution is 6.22. The SMILES string of the molecule is COC(C)(Cl)c1ccc2ncccc2c1. The Balaban J connectivity index is 2.56. The molecule has 0 aliphatic carbocycles. The van der Waals surface area contributed by atoms with E-state index in [9.17, 15) is 0 Å². The van der Waals surface area contributed by atoms with Gasteiger partial charge in [-0.3, -0.25) is 4.98 Å². The van der Waals surface area contributed by atoms with Gasteiger partial charge in [0.1, 0.15) is 0 Å². The maximum atomic E-state index is 6.20. The molecular formula is C12H12ClNO. The Bertz CT molecular complexity index is 482. The lowest BCUT2D eigenvalue weighted by molar-refractivity contribution is 0.0787. The molecule has 2 rings (SSSR count). The van der Waals surface area contributed by atoms with Crippen LogP contribution < -0.4 is 0 Å². The van der Waals surface area contributed by atoms with Gasteiger partial charge >= 0.3 is 0 Å². The predicted octanol–water partition coefficient (Wildman–Crippen LogP) is 3.29. The molecule has 2 aromatic rings. The molecule has 0 amide bonds. The molecule has 1 aromatic heterocycles. The van der Waals surface area contributed by atoms with E-state index in [0.29, 0.717) is 0 Å². The molecule has 1 atom stereocenters. The molecule has 0 aliphatic rings. The number of aromatic nitrogens is 1. The van der Waals surface area contributed by atoms with Gasteiger partial charge in [-0.15, -0.1) is 0 Å². The zero-order valence-corrected chi connectivity index (χ0v) is 9.45. The molecule has 0 fully saturated rings. The highest BCUT2D eigenvalue weighted by Gasteiger charge is 2.22. The number of halogens is 1. The van der Waals surface area contributed by atoms with E-state index in [2.05, 4.69) is 4.98 Å². The lowest BCUT2D eigenvalue weighted by atomic mass is 10.1. The van der Waals surface area contributed by atoms with Gasteiger partial charge < -0.3 is 4.74 Å². The van der Waals surface area contributed by atoms with E-state index >= 15 is 0 Å². The average Bonchev–Trinajstić information content (AvgIpc) is 2.28. The van der Waals surface area contributed by atoms with E-state index in [0.717, 1.165) is 16.5 Å². The fraction of sp³-hybridized carbons (Fsp3) is 0.250. The number of pyridine rings is 1. The molecule has 0 N–H and O–H groups in total. The van der Waals surface area contributed by atoms with E-state index in [-0.39, 0.29) is 0 Å². The van der Waals surface area contributed by atoms with Crippen molar-refractivity contribution in [3.8, 4) is 0 Å². The van der Waals surface area contributed by atoms with Crippen LogP contribution in [0.25, 0.3) is 10.9 Å². The summed E-state index contributed by atoms with van der Waals surface area (Å²) in [5.41, 5.74) is 1.90. The van der Waals surface area contributed by atoms with Gasteiger partial charge in [-0.1, -0.05) is 23.7 Å². The summed E-state index contributed by atoms with van der Waals surface area (Å²) in [6, 6.07) is 9.80. The number of hydrogen-bond donors (Lipinski definition) is 0. The fourth-order valence-electron chi connectivity index (χ4n) is 1.47. The normalized spacial score (nSPS) is 15.1. The fourth-order valence-corrected chi connectivity index (χ4v) is 1.59. The summed E-state index contributed by atoms with van der Waals surface area (Å²) in [5.74, 6) is 0. The van der Waals surface area contributed by atoms with E-state index in [1.807, 2.05) is 37.3 Å². The van der Waals surface area contributed by atoms with Crippen LogP contribution in [0.15, 0.2) is 36.5 Å². The molecular weight excluding hydrogens is 210 g/mol. The quantitative estimate of drug-likeness (QED) is 0.726. The summed E-state index contributed by atoms with van der Waals surface area (Å²) >= 11 is 6.20. The third kappa shape index (κ3) is 1.96. The zero-order chi connectivity index (χ0) is 10.9. The van der Waals surface area contributed by atoms with E-state index in [1.54, 1.807) is 13.3 Å². The molecule has 15 heavy (non-hydrogen) atoms. The van der Waals surface area contributed by atoms with Crippen LogP contribution in [-0.2, 0) is 9.80 Å². The molecule has 3 heteroatoms. The van der Waals surface area contributed by atoms with Crippen LogP contribution in [0.4, 0.5) is 0 Å². The van der Waals surface area contributed by atoms with Crippen LogP contribution in [0.1, 0.15) is 12.5 Å². The highest BCUT2D eigenvalue weighted by Crippen LogP contribution is 2.30. The van der Waals surface area contributed by atoms with Gasteiger partial charge in [0.05, 0.1) is 5.52 Å². The molecule has 0 radical (unpaired) electrons. The lowest BCUT2D eigenvalue weighted by Crippen LogP contribution is -2.15. The number of alkyl halides is 1. The van der Waals surface area contributed by atoms with Crippen LogP contribution >= 0.6 is 11.6 Å². The molecule has 0 saturated heterocycles. The van der Waals surface area contributed by atoms with Gasteiger partial charge in [0, 0.05) is 18.7 Å². The van der Waals surface area contributed by atoms with Gasteiger partial charge in [-0.25, -0.2) is 0 Å². The second-order valence-corrected chi connectivity index (χ2v) is 4.25. The molecule has 78 valence electrons. The highest BCUT2D eigenvalue weighted by atomic mass is 35.5. The Kier molecular flexibility index (Phi) is 2.63. The minimum Gasteiger partial charge on any atom is -0.359 e. The van der Waals surface area contributed by atoms with Crippen LogP contribution in [0, 0.1) is 0 Å². The van der Waals surface area contributed by atoms with Gasteiger partial charge in [-0.2, -0.15) is 0 Å². The van der Waals surface area contributed by atoms with Crippen molar-refractivity contribution in [2.45, 2.75) is 12.0 Å². The van der Waals surface area contributed by atoms with Gasteiger partial charge in [0.2, 0.25) is 0 Å². The largest absolute Gasteiger partial charge is 0.359 e. The first kappa shape index (κ1) is 10.4. The standard InChI is InChI=1S/C12H12ClNO/c1-12(13,15-2)10-5-6-11-9(8-10)4-3-7-14-11/h3-8H,1-2H3. The average molecular weight is 222 g/mol. The smallest absolute Gasteiger partial charge is 0.164 e. The van der Waals surface area contributed by atoms with Crippen molar-refractivity contribution in [1.82, 2.24) is 4.98 Å². The molecule has 0 bridgehead atoms. The van der Waals surface area contributed by atoms with Crippen molar-refractivity contribution in [2.24, 2.45) is 0 Å². The van der Waals surface area contributed by atoms with Crippen molar-refractivity contribution in [3.63, 3.8) is 0 Å². The first-order chi connectivity index (χ1) is 7.13. The molecule has 1 heterocycles. The van der Waals surface area contributed by atoms with Crippen molar-refractivity contribution in [3.05, 3.63) is 42.1 Å². The van der Waals surface area contributed by atoms with Crippen LogP contribution in [0.3, 0.4) is 0 Å². The summed E-state index contributed by atoms with van der Waals surface area (Å²) < 4.78 is 5.22. The predicted molar refractivity (Wildman–Crippen MR) is 62.0 cm³/mol. The Morgan fingerprint density at radius 2 is 2.13 bits per heavy atom. The number of nitrogens with zero attached hydrogens (tertiary/aromatic N) is 1. The van der Waals surface area contributed by atoms with Gasteiger partial charge in [-0.05, 0) is 30.7 Å². The summed E-state index contributed by atoms with van der Waals surface area (Å²) in [6.45, 7) is 1.83. The molecule has 1 aromatic carbocycles. The molecule has 2 nitrogen and oxygen atoms in total. The maximum absolute atomic E-state index is 6.20. The number of benzene rings is 1.